The van der Waals surface area contributed by atoms with Crippen molar-refractivity contribution < 1.29 is 0 Å². The van der Waals surface area contributed by atoms with Crippen LogP contribution in [0.15, 0.2) is 18.7 Å². The summed E-state index contributed by atoms with van der Waals surface area (Å²) in [7, 11) is 4.14. The Morgan fingerprint density at radius 3 is 2.90 bits per heavy atom. The van der Waals surface area contributed by atoms with Crippen LogP contribution in [0.4, 0.5) is 5.95 Å². The monoisotopic (exact) mass is 307 g/mol. The molecule has 112 valence electrons. The van der Waals surface area contributed by atoms with E-state index >= 15 is 0 Å². The number of likely N-dealkylation sites (tertiary alicyclic amines) is 1. The number of aromatic nitrogens is 5. The molecule has 0 spiro atoms. The standard InChI is InChI=1S/C13H18ClN7/c1-19-6-3-4-10(19)8-20(2)12-16-11(14)17-13(18-12)21-7-5-15-9-21/h5,7,9-10H,3-4,6,8H2,1-2H3. The highest BCUT2D eigenvalue weighted by molar-refractivity contribution is 6.28. The lowest BCUT2D eigenvalue weighted by Gasteiger charge is -2.25. The van der Waals surface area contributed by atoms with Crippen molar-refractivity contribution in [3.05, 3.63) is 24.0 Å². The van der Waals surface area contributed by atoms with Gasteiger partial charge >= 0.3 is 0 Å². The summed E-state index contributed by atoms with van der Waals surface area (Å²) < 4.78 is 1.71. The molecule has 0 amide bonds. The molecule has 1 aliphatic heterocycles. The van der Waals surface area contributed by atoms with E-state index in [4.69, 9.17) is 11.6 Å². The predicted molar refractivity (Wildman–Crippen MR) is 80.9 cm³/mol. The number of hydrogen-bond acceptors (Lipinski definition) is 6. The molecule has 2 aromatic rings. The number of nitrogens with zero attached hydrogens (tertiary/aromatic N) is 7. The van der Waals surface area contributed by atoms with E-state index in [1.807, 2.05) is 11.9 Å². The Morgan fingerprint density at radius 2 is 2.24 bits per heavy atom. The van der Waals surface area contributed by atoms with Crippen molar-refractivity contribution in [2.75, 3.05) is 32.1 Å². The summed E-state index contributed by atoms with van der Waals surface area (Å²) in [5.74, 6) is 1.06. The van der Waals surface area contributed by atoms with Crippen molar-refractivity contribution in [1.82, 2.24) is 29.4 Å². The molecular formula is C13H18ClN7. The molecule has 1 aliphatic rings. The average molecular weight is 308 g/mol. The number of likely N-dealkylation sites (N-methyl/N-ethyl adjacent to an activating group) is 2. The van der Waals surface area contributed by atoms with E-state index in [2.05, 4.69) is 31.9 Å². The molecule has 1 atom stereocenters. The summed E-state index contributed by atoms with van der Waals surface area (Å²) in [6.07, 6.45) is 7.54. The highest BCUT2D eigenvalue weighted by atomic mass is 35.5. The molecule has 0 saturated carbocycles. The van der Waals surface area contributed by atoms with Gasteiger partial charge in [-0.3, -0.25) is 4.57 Å². The largest absolute Gasteiger partial charge is 0.342 e. The third-order valence-electron chi connectivity index (χ3n) is 3.82. The van der Waals surface area contributed by atoms with Crippen molar-refractivity contribution in [1.29, 1.82) is 0 Å². The first-order chi connectivity index (χ1) is 10.1. The summed E-state index contributed by atoms with van der Waals surface area (Å²) in [5, 5.41) is 0.190. The maximum absolute atomic E-state index is 6.02. The van der Waals surface area contributed by atoms with E-state index in [1.54, 1.807) is 23.3 Å². The molecule has 3 rings (SSSR count). The average Bonchev–Trinajstić information content (AvgIpc) is 3.11. The number of rotatable bonds is 4. The molecule has 1 saturated heterocycles. The fourth-order valence-electron chi connectivity index (χ4n) is 2.60. The number of imidazole rings is 1. The Hall–Kier alpha value is -1.73. The lowest BCUT2D eigenvalue weighted by molar-refractivity contribution is 0.313. The quantitative estimate of drug-likeness (QED) is 0.847. The second-order valence-electron chi connectivity index (χ2n) is 5.33. The maximum Gasteiger partial charge on any atom is 0.241 e. The van der Waals surface area contributed by atoms with Crippen LogP contribution in [0.2, 0.25) is 5.28 Å². The normalized spacial score (nSPS) is 19.1. The molecule has 2 aromatic heterocycles. The van der Waals surface area contributed by atoms with E-state index in [0.717, 1.165) is 13.1 Å². The summed E-state index contributed by atoms with van der Waals surface area (Å²) in [6.45, 7) is 2.02. The topological polar surface area (TPSA) is 63.0 Å². The second-order valence-corrected chi connectivity index (χ2v) is 5.67. The Bertz CT molecular complexity index is 601. The van der Waals surface area contributed by atoms with Crippen LogP contribution in [-0.4, -0.2) is 62.6 Å². The van der Waals surface area contributed by atoms with Gasteiger partial charge in [0.25, 0.3) is 0 Å². The van der Waals surface area contributed by atoms with Crippen molar-refractivity contribution in [3.63, 3.8) is 0 Å². The van der Waals surface area contributed by atoms with Crippen molar-refractivity contribution in [3.8, 4) is 5.95 Å². The summed E-state index contributed by atoms with van der Waals surface area (Å²) in [6, 6.07) is 0.530. The number of halogens is 1. The highest BCUT2D eigenvalue weighted by Gasteiger charge is 2.23. The molecule has 0 N–H and O–H groups in total. The molecule has 8 heteroatoms. The first kappa shape index (κ1) is 14.2. The van der Waals surface area contributed by atoms with Crippen LogP contribution in [0.5, 0.6) is 0 Å². The van der Waals surface area contributed by atoms with Gasteiger partial charge in [0.15, 0.2) is 0 Å². The molecule has 0 radical (unpaired) electrons. The predicted octanol–water partition coefficient (Wildman–Crippen LogP) is 1.24. The van der Waals surface area contributed by atoms with Crippen LogP contribution >= 0.6 is 11.6 Å². The first-order valence-electron chi connectivity index (χ1n) is 6.95. The Kier molecular flexibility index (Phi) is 4.03. The van der Waals surface area contributed by atoms with E-state index in [-0.39, 0.29) is 5.28 Å². The molecule has 3 heterocycles. The molecule has 7 nitrogen and oxygen atoms in total. The van der Waals surface area contributed by atoms with E-state index in [1.165, 1.54) is 12.8 Å². The molecule has 0 aromatic carbocycles. The van der Waals surface area contributed by atoms with E-state index < -0.39 is 0 Å². The van der Waals surface area contributed by atoms with Gasteiger partial charge in [0, 0.05) is 32.0 Å². The first-order valence-corrected chi connectivity index (χ1v) is 7.32. The second kappa shape index (κ2) is 5.95. The van der Waals surface area contributed by atoms with Crippen molar-refractivity contribution >= 4 is 17.5 Å². The number of anilines is 1. The van der Waals surface area contributed by atoms with Gasteiger partial charge < -0.3 is 9.80 Å². The van der Waals surface area contributed by atoms with E-state index in [9.17, 15) is 0 Å². The molecule has 1 fully saturated rings. The third-order valence-corrected chi connectivity index (χ3v) is 3.99. The Labute approximate surface area is 128 Å². The lowest BCUT2D eigenvalue weighted by atomic mass is 10.2. The van der Waals surface area contributed by atoms with E-state index in [0.29, 0.717) is 17.9 Å². The highest BCUT2D eigenvalue weighted by Crippen LogP contribution is 2.18. The molecular weight excluding hydrogens is 290 g/mol. The molecule has 0 bridgehead atoms. The number of hydrogen-bond donors (Lipinski definition) is 0. The van der Waals surface area contributed by atoms with Gasteiger partial charge in [-0.05, 0) is 38.0 Å². The minimum atomic E-state index is 0.190. The van der Waals surface area contributed by atoms with Gasteiger partial charge in [-0.2, -0.15) is 15.0 Å². The van der Waals surface area contributed by atoms with Gasteiger partial charge in [-0.25, -0.2) is 4.98 Å². The van der Waals surface area contributed by atoms with Gasteiger partial charge in [0.2, 0.25) is 17.2 Å². The minimum Gasteiger partial charge on any atom is -0.342 e. The zero-order valence-corrected chi connectivity index (χ0v) is 12.9. The molecule has 0 aliphatic carbocycles. The SMILES string of the molecule is CN(CC1CCCN1C)c1nc(Cl)nc(-n2ccnc2)n1. The maximum atomic E-state index is 6.02. The third kappa shape index (κ3) is 3.14. The van der Waals surface area contributed by atoms with Crippen LogP contribution in [-0.2, 0) is 0 Å². The summed E-state index contributed by atoms with van der Waals surface area (Å²) in [4.78, 5) is 21.2. The summed E-state index contributed by atoms with van der Waals surface area (Å²) in [5.41, 5.74) is 0. The molecule has 1 unspecified atom stereocenters. The Balaban J connectivity index is 1.81. The minimum absolute atomic E-state index is 0.190. The fraction of sp³-hybridized carbons (Fsp3) is 0.538. The lowest BCUT2D eigenvalue weighted by Crippen LogP contribution is -2.37. The van der Waals surface area contributed by atoms with Crippen LogP contribution in [0.1, 0.15) is 12.8 Å². The fourth-order valence-corrected chi connectivity index (χ4v) is 2.75. The zero-order chi connectivity index (χ0) is 14.8. The van der Waals surface area contributed by atoms with Gasteiger partial charge in [0.1, 0.15) is 6.33 Å². The Morgan fingerprint density at radius 1 is 1.38 bits per heavy atom. The van der Waals surface area contributed by atoms with Crippen molar-refractivity contribution in [2.45, 2.75) is 18.9 Å². The molecule has 21 heavy (non-hydrogen) atoms. The van der Waals surface area contributed by atoms with Gasteiger partial charge in [-0.1, -0.05) is 0 Å². The van der Waals surface area contributed by atoms with Crippen LogP contribution < -0.4 is 4.90 Å². The van der Waals surface area contributed by atoms with Crippen LogP contribution in [0.3, 0.4) is 0 Å². The zero-order valence-electron chi connectivity index (χ0n) is 12.1. The van der Waals surface area contributed by atoms with Crippen molar-refractivity contribution in [2.24, 2.45) is 0 Å². The van der Waals surface area contributed by atoms with Gasteiger partial charge in [-0.15, -0.1) is 0 Å². The van der Waals surface area contributed by atoms with Gasteiger partial charge in [0.05, 0.1) is 0 Å². The van der Waals surface area contributed by atoms with Crippen LogP contribution in [0, 0.1) is 0 Å². The van der Waals surface area contributed by atoms with Crippen LogP contribution in [0.25, 0.3) is 5.95 Å². The summed E-state index contributed by atoms with van der Waals surface area (Å²) >= 11 is 6.02. The smallest absolute Gasteiger partial charge is 0.241 e.